The van der Waals surface area contributed by atoms with Crippen molar-refractivity contribution in [1.29, 1.82) is 0 Å². The van der Waals surface area contributed by atoms with E-state index in [1.165, 1.54) is 0 Å². The number of carbonyl (C=O) groups excluding carboxylic acids is 2. The molecule has 1 aliphatic heterocycles. The molecule has 2 rings (SSSR count). The van der Waals surface area contributed by atoms with E-state index < -0.39 is 11.7 Å². The topological polar surface area (TPSA) is 104 Å². The number of alkyl carbamates (subject to hydrolysis) is 1. The van der Waals surface area contributed by atoms with Crippen molar-refractivity contribution < 1.29 is 14.3 Å². The molecular weight excluding hydrogens is 394 g/mol. The van der Waals surface area contributed by atoms with Crippen molar-refractivity contribution in [3.05, 3.63) is 29.8 Å². The number of amides is 2. The van der Waals surface area contributed by atoms with Gasteiger partial charge in [-0.2, -0.15) is 0 Å². The first-order chi connectivity index (χ1) is 14.7. The maximum atomic E-state index is 12.1. The van der Waals surface area contributed by atoms with Gasteiger partial charge in [-0.1, -0.05) is 31.5 Å². The number of aliphatic imine (C=N–C) groups is 1. The summed E-state index contributed by atoms with van der Waals surface area (Å²) >= 11 is 0. The van der Waals surface area contributed by atoms with Gasteiger partial charge in [0, 0.05) is 31.1 Å². The van der Waals surface area contributed by atoms with E-state index in [1.807, 2.05) is 52.0 Å². The molecule has 0 aromatic heterocycles. The van der Waals surface area contributed by atoms with Crippen molar-refractivity contribution in [2.75, 3.05) is 25.0 Å². The highest BCUT2D eigenvalue weighted by atomic mass is 16.6. The first-order valence-corrected chi connectivity index (χ1v) is 11.1. The normalized spacial score (nSPS) is 17.3. The van der Waals surface area contributed by atoms with E-state index in [1.54, 1.807) is 0 Å². The minimum Gasteiger partial charge on any atom is -0.444 e. The number of hydrogen-bond acceptors (Lipinski definition) is 4. The van der Waals surface area contributed by atoms with Crippen molar-refractivity contribution in [1.82, 2.24) is 16.0 Å². The van der Waals surface area contributed by atoms with Gasteiger partial charge in [-0.15, -0.1) is 0 Å². The standard InChI is InChI=1S/C23H37N5O3/c1-6-10-17(27-22(30)31-23(3,4)5)15-26-21(24-7-2)25-14-16-13-20(29)28-19-12-9-8-11-18(16)19/h8-9,11-12,16-17H,6-7,10,13-15H2,1-5H3,(H,27,30)(H,28,29)(H2,24,25,26). The fourth-order valence-corrected chi connectivity index (χ4v) is 3.48. The third-order valence-electron chi connectivity index (χ3n) is 4.79. The van der Waals surface area contributed by atoms with Gasteiger partial charge < -0.3 is 26.0 Å². The maximum Gasteiger partial charge on any atom is 0.407 e. The fourth-order valence-electron chi connectivity index (χ4n) is 3.48. The summed E-state index contributed by atoms with van der Waals surface area (Å²) in [5.41, 5.74) is 1.46. The van der Waals surface area contributed by atoms with Gasteiger partial charge >= 0.3 is 6.09 Å². The number of anilines is 1. The molecule has 0 saturated carbocycles. The van der Waals surface area contributed by atoms with Crippen molar-refractivity contribution in [3.63, 3.8) is 0 Å². The number of ether oxygens (including phenoxy) is 1. The summed E-state index contributed by atoms with van der Waals surface area (Å²) in [6.45, 7) is 11.3. The summed E-state index contributed by atoms with van der Waals surface area (Å²) in [7, 11) is 0. The fraction of sp³-hybridized carbons (Fsp3) is 0.609. The van der Waals surface area contributed by atoms with Gasteiger partial charge in [0.2, 0.25) is 5.91 Å². The Hall–Kier alpha value is -2.77. The van der Waals surface area contributed by atoms with Crippen molar-refractivity contribution in [2.24, 2.45) is 4.99 Å². The molecule has 1 heterocycles. The summed E-state index contributed by atoms with van der Waals surface area (Å²) < 4.78 is 5.37. The zero-order valence-corrected chi connectivity index (χ0v) is 19.4. The molecule has 2 atom stereocenters. The molecule has 0 spiro atoms. The number of carbonyl (C=O) groups is 2. The Balaban J connectivity index is 2.00. The molecule has 4 N–H and O–H groups in total. The molecule has 0 bridgehead atoms. The van der Waals surface area contributed by atoms with Gasteiger partial charge in [0.15, 0.2) is 5.96 Å². The minimum atomic E-state index is -0.539. The van der Waals surface area contributed by atoms with Crippen LogP contribution in [-0.4, -0.2) is 49.2 Å². The highest BCUT2D eigenvalue weighted by Gasteiger charge is 2.25. The number of fused-ring (bicyclic) bond motifs is 1. The average molecular weight is 432 g/mol. The minimum absolute atomic E-state index is 0.0250. The van der Waals surface area contributed by atoms with Crippen LogP contribution in [0.15, 0.2) is 29.3 Å². The zero-order valence-electron chi connectivity index (χ0n) is 19.4. The Labute approximate surface area is 185 Å². The summed E-state index contributed by atoms with van der Waals surface area (Å²) in [4.78, 5) is 28.9. The summed E-state index contributed by atoms with van der Waals surface area (Å²) in [6.07, 6.45) is 1.73. The third-order valence-corrected chi connectivity index (χ3v) is 4.79. The number of hydrogen-bond donors (Lipinski definition) is 4. The lowest BCUT2D eigenvalue weighted by atomic mass is 9.90. The van der Waals surface area contributed by atoms with Crippen LogP contribution >= 0.6 is 0 Å². The lowest BCUT2D eigenvalue weighted by molar-refractivity contribution is -0.116. The highest BCUT2D eigenvalue weighted by molar-refractivity contribution is 5.94. The molecule has 0 fully saturated rings. The van der Waals surface area contributed by atoms with E-state index in [0.29, 0.717) is 32.0 Å². The van der Waals surface area contributed by atoms with E-state index in [-0.39, 0.29) is 17.9 Å². The number of guanidine groups is 1. The van der Waals surface area contributed by atoms with Crippen molar-refractivity contribution in [2.45, 2.75) is 71.4 Å². The van der Waals surface area contributed by atoms with Gasteiger partial charge in [-0.3, -0.25) is 9.79 Å². The predicted octanol–water partition coefficient (Wildman–Crippen LogP) is 3.36. The van der Waals surface area contributed by atoms with Crippen LogP contribution < -0.4 is 21.3 Å². The summed E-state index contributed by atoms with van der Waals surface area (Å²) in [6, 6.07) is 7.77. The molecule has 2 unspecified atom stereocenters. The molecule has 0 saturated heterocycles. The van der Waals surface area contributed by atoms with Gasteiger partial charge in [0.05, 0.1) is 12.6 Å². The molecule has 1 aromatic carbocycles. The number of para-hydroxylation sites is 1. The Kier molecular flexibility index (Phi) is 9.15. The molecule has 0 aliphatic carbocycles. The second-order valence-corrected chi connectivity index (χ2v) is 8.77. The molecule has 172 valence electrons. The second kappa shape index (κ2) is 11.6. The number of benzene rings is 1. The van der Waals surface area contributed by atoms with Gasteiger partial charge in [0.25, 0.3) is 0 Å². The van der Waals surface area contributed by atoms with Gasteiger partial charge in [-0.05, 0) is 45.7 Å². The van der Waals surface area contributed by atoms with Crippen LogP contribution in [0.5, 0.6) is 0 Å². The van der Waals surface area contributed by atoms with E-state index in [0.717, 1.165) is 24.1 Å². The molecule has 0 radical (unpaired) electrons. The van der Waals surface area contributed by atoms with E-state index in [9.17, 15) is 9.59 Å². The smallest absolute Gasteiger partial charge is 0.407 e. The number of rotatable bonds is 8. The van der Waals surface area contributed by atoms with Gasteiger partial charge in [0.1, 0.15) is 5.60 Å². The Bertz CT molecular complexity index is 773. The zero-order chi connectivity index (χ0) is 22.9. The van der Waals surface area contributed by atoms with E-state index >= 15 is 0 Å². The lowest BCUT2D eigenvalue weighted by Crippen LogP contribution is -2.43. The largest absolute Gasteiger partial charge is 0.444 e. The summed E-state index contributed by atoms with van der Waals surface area (Å²) in [5.74, 6) is 0.759. The van der Waals surface area contributed by atoms with Crippen LogP contribution in [0.4, 0.5) is 10.5 Å². The van der Waals surface area contributed by atoms with Crippen LogP contribution in [0.1, 0.15) is 65.4 Å². The molecule has 2 amide bonds. The first kappa shape index (κ1) is 24.5. The van der Waals surface area contributed by atoms with Crippen LogP contribution in [0.2, 0.25) is 0 Å². The van der Waals surface area contributed by atoms with Crippen LogP contribution in [0.3, 0.4) is 0 Å². The lowest BCUT2D eigenvalue weighted by Gasteiger charge is -2.26. The van der Waals surface area contributed by atoms with Crippen LogP contribution in [-0.2, 0) is 9.53 Å². The SMILES string of the molecule is CCCC(CN=C(NCC)NCC1CC(=O)Nc2ccccc21)NC(=O)OC(C)(C)C. The number of nitrogens with zero attached hydrogens (tertiary/aromatic N) is 1. The first-order valence-electron chi connectivity index (χ1n) is 11.1. The van der Waals surface area contributed by atoms with Crippen molar-refractivity contribution >= 4 is 23.6 Å². The second-order valence-electron chi connectivity index (χ2n) is 8.77. The Morgan fingerprint density at radius 3 is 2.68 bits per heavy atom. The Morgan fingerprint density at radius 2 is 2.00 bits per heavy atom. The third kappa shape index (κ3) is 8.47. The average Bonchev–Trinajstić information content (AvgIpc) is 2.68. The molecule has 1 aliphatic rings. The Morgan fingerprint density at radius 1 is 1.26 bits per heavy atom. The molecule has 1 aromatic rings. The van der Waals surface area contributed by atoms with Gasteiger partial charge in [-0.25, -0.2) is 4.79 Å². The summed E-state index contributed by atoms with van der Waals surface area (Å²) in [5, 5.41) is 12.4. The maximum absolute atomic E-state index is 12.1. The number of nitrogens with one attached hydrogen (secondary N) is 4. The predicted molar refractivity (Wildman–Crippen MR) is 124 cm³/mol. The van der Waals surface area contributed by atoms with Crippen molar-refractivity contribution in [3.8, 4) is 0 Å². The molecule has 31 heavy (non-hydrogen) atoms. The molecular formula is C23H37N5O3. The van der Waals surface area contributed by atoms with E-state index in [2.05, 4.69) is 33.2 Å². The highest BCUT2D eigenvalue weighted by Crippen LogP contribution is 2.31. The van der Waals surface area contributed by atoms with E-state index in [4.69, 9.17) is 4.74 Å². The quantitative estimate of drug-likeness (QED) is 0.373. The molecule has 8 nitrogen and oxygen atoms in total. The van der Waals surface area contributed by atoms with Crippen LogP contribution in [0, 0.1) is 0 Å². The van der Waals surface area contributed by atoms with Crippen LogP contribution in [0.25, 0.3) is 0 Å². The monoisotopic (exact) mass is 431 g/mol. The molecule has 8 heteroatoms.